The number of benzene rings is 2. The summed E-state index contributed by atoms with van der Waals surface area (Å²) in [6, 6.07) is 17.5. The topological polar surface area (TPSA) is 58.6 Å². The number of carbonyl (C=O) groups excluding carboxylic acids is 2. The molecular weight excluding hydrogens is 384 g/mol. The van der Waals surface area contributed by atoms with Crippen molar-refractivity contribution >= 4 is 23.6 Å². The maximum Gasteiger partial charge on any atom is 0.243 e. The van der Waals surface area contributed by atoms with Gasteiger partial charge >= 0.3 is 0 Å². The molecule has 3 rings (SSSR count). The second-order valence-corrected chi connectivity index (χ2v) is 9.04. The predicted molar refractivity (Wildman–Crippen MR) is 118 cm³/mol. The van der Waals surface area contributed by atoms with Gasteiger partial charge in [0, 0.05) is 16.7 Å². The Bertz CT molecular complexity index is 849. The van der Waals surface area contributed by atoms with Crippen LogP contribution in [0.15, 0.2) is 54.6 Å². The summed E-state index contributed by atoms with van der Waals surface area (Å²) in [6.07, 6.45) is 0. The molecular formula is C23H28N2O3S. The van der Waals surface area contributed by atoms with Crippen LogP contribution in [0.1, 0.15) is 20.8 Å². The highest BCUT2D eigenvalue weighted by molar-refractivity contribution is 7.99. The third kappa shape index (κ3) is 5.32. The standard InChI is InChI=1S/C23H28N2O3S/c1-23(2,3)22(27)25-16-29-15-19(25)21(26)24-13-14-28-20-12-8-7-11-18(20)17-9-5-4-6-10-17/h4-12,19H,13-16H2,1-3H3,(H,24,26). The fourth-order valence-corrected chi connectivity index (χ4v) is 4.35. The number of carbonyl (C=O) groups is 2. The van der Waals surface area contributed by atoms with Gasteiger partial charge < -0.3 is 15.0 Å². The molecule has 0 saturated carbocycles. The van der Waals surface area contributed by atoms with Crippen LogP contribution in [0.5, 0.6) is 5.75 Å². The zero-order chi connectivity index (χ0) is 20.9. The van der Waals surface area contributed by atoms with Crippen molar-refractivity contribution in [3.05, 3.63) is 54.6 Å². The van der Waals surface area contributed by atoms with Crippen LogP contribution in [0.25, 0.3) is 11.1 Å². The van der Waals surface area contributed by atoms with Crippen molar-refractivity contribution in [2.75, 3.05) is 24.8 Å². The summed E-state index contributed by atoms with van der Waals surface area (Å²) in [4.78, 5) is 26.9. The molecule has 0 aliphatic carbocycles. The summed E-state index contributed by atoms with van der Waals surface area (Å²) < 4.78 is 5.93. The van der Waals surface area contributed by atoms with Gasteiger partial charge in [-0.3, -0.25) is 9.59 Å². The second-order valence-electron chi connectivity index (χ2n) is 8.04. The number of hydrogen-bond donors (Lipinski definition) is 1. The van der Waals surface area contributed by atoms with Crippen LogP contribution in [0, 0.1) is 5.41 Å². The lowest BCUT2D eigenvalue weighted by molar-refractivity contribution is -0.144. The van der Waals surface area contributed by atoms with E-state index in [0.29, 0.717) is 24.8 Å². The SMILES string of the molecule is CC(C)(C)C(=O)N1CSCC1C(=O)NCCOc1ccccc1-c1ccccc1. The van der Waals surface area contributed by atoms with Crippen LogP contribution < -0.4 is 10.1 Å². The van der Waals surface area contributed by atoms with Gasteiger partial charge in [-0.2, -0.15) is 0 Å². The number of amides is 2. The molecule has 0 spiro atoms. The number of hydrogen-bond acceptors (Lipinski definition) is 4. The molecule has 1 aliphatic heterocycles. The van der Waals surface area contributed by atoms with Gasteiger partial charge in [0.15, 0.2) is 0 Å². The average Bonchev–Trinajstić information content (AvgIpc) is 3.20. The number of para-hydroxylation sites is 1. The van der Waals surface area contributed by atoms with Gasteiger partial charge in [0.1, 0.15) is 18.4 Å². The number of nitrogens with one attached hydrogen (secondary N) is 1. The Morgan fingerprint density at radius 3 is 2.52 bits per heavy atom. The average molecular weight is 413 g/mol. The quantitative estimate of drug-likeness (QED) is 0.734. The molecule has 0 radical (unpaired) electrons. The molecule has 6 heteroatoms. The highest BCUT2D eigenvalue weighted by Gasteiger charge is 2.38. The lowest BCUT2D eigenvalue weighted by Crippen LogP contribution is -2.50. The summed E-state index contributed by atoms with van der Waals surface area (Å²) in [5.74, 6) is 1.87. The monoisotopic (exact) mass is 412 g/mol. The van der Waals surface area contributed by atoms with Crippen LogP contribution in [0.4, 0.5) is 0 Å². The minimum absolute atomic E-state index is 0.00990. The number of ether oxygens (including phenoxy) is 1. The maximum absolute atomic E-state index is 12.6. The Labute approximate surface area is 176 Å². The van der Waals surface area contributed by atoms with Gasteiger partial charge in [-0.15, -0.1) is 11.8 Å². The summed E-state index contributed by atoms with van der Waals surface area (Å²) in [5, 5.41) is 2.92. The van der Waals surface area contributed by atoms with Crippen LogP contribution in [0.3, 0.4) is 0 Å². The highest BCUT2D eigenvalue weighted by Crippen LogP contribution is 2.29. The third-order valence-electron chi connectivity index (χ3n) is 4.72. The minimum atomic E-state index is -0.492. The smallest absolute Gasteiger partial charge is 0.243 e. The van der Waals surface area contributed by atoms with Crippen LogP contribution in [-0.4, -0.2) is 47.5 Å². The Hall–Kier alpha value is -2.47. The second kappa shape index (κ2) is 9.35. The molecule has 1 heterocycles. The third-order valence-corrected chi connectivity index (χ3v) is 5.73. The van der Waals surface area contributed by atoms with Gasteiger partial charge in [-0.1, -0.05) is 69.3 Å². The highest BCUT2D eigenvalue weighted by atomic mass is 32.2. The molecule has 5 nitrogen and oxygen atoms in total. The summed E-state index contributed by atoms with van der Waals surface area (Å²) in [5.41, 5.74) is 1.62. The molecule has 1 N–H and O–H groups in total. The molecule has 2 aromatic carbocycles. The van der Waals surface area contributed by atoms with Crippen molar-refractivity contribution in [1.29, 1.82) is 0 Å². The first kappa shape index (κ1) is 21.2. The minimum Gasteiger partial charge on any atom is -0.491 e. The van der Waals surface area contributed by atoms with Crippen molar-refractivity contribution in [3.63, 3.8) is 0 Å². The zero-order valence-electron chi connectivity index (χ0n) is 17.2. The lowest BCUT2D eigenvalue weighted by Gasteiger charge is -2.29. The molecule has 0 aromatic heterocycles. The van der Waals surface area contributed by atoms with Crippen molar-refractivity contribution in [2.24, 2.45) is 5.41 Å². The Morgan fingerprint density at radius 2 is 1.79 bits per heavy atom. The largest absolute Gasteiger partial charge is 0.491 e. The number of nitrogens with zero attached hydrogens (tertiary/aromatic N) is 1. The van der Waals surface area contributed by atoms with E-state index in [9.17, 15) is 9.59 Å². The van der Waals surface area contributed by atoms with Crippen molar-refractivity contribution in [1.82, 2.24) is 10.2 Å². The van der Waals surface area contributed by atoms with E-state index in [4.69, 9.17) is 4.74 Å². The molecule has 1 unspecified atom stereocenters. The van der Waals surface area contributed by atoms with Gasteiger partial charge in [0.2, 0.25) is 11.8 Å². The maximum atomic E-state index is 12.6. The first-order chi connectivity index (χ1) is 13.9. The van der Waals surface area contributed by atoms with Gasteiger partial charge in [-0.05, 0) is 11.6 Å². The first-order valence-corrected chi connectivity index (χ1v) is 11.0. The fraction of sp³-hybridized carbons (Fsp3) is 0.391. The number of thioether (sulfide) groups is 1. The zero-order valence-corrected chi connectivity index (χ0v) is 18.0. The molecule has 2 amide bonds. The van der Waals surface area contributed by atoms with Gasteiger partial charge in [0.25, 0.3) is 0 Å². The number of rotatable bonds is 6. The van der Waals surface area contributed by atoms with Crippen molar-refractivity contribution in [3.8, 4) is 16.9 Å². The van der Waals surface area contributed by atoms with E-state index in [0.717, 1.165) is 16.9 Å². The Kier molecular flexibility index (Phi) is 6.85. The summed E-state index contributed by atoms with van der Waals surface area (Å²) in [6.45, 7) is 6.39. The summed E-state index contributed by atoms with van der Waals surface area (Å²) in [7, 11) is 0. The van der Waals surface area contributed by atoms with Gasteiger partial charge in [-0.25, -0.2) is 0 Å². The Balaban J connectivity index is 1.54. The van der Waals surface area contributed by atoms with E-state index in [2.05, 4.69) is 5.32 Å². The Morgan fingerprint density at radius 1 is 1.10 bits per heavy atom. The van der Waals surface area contributed by atoms with Crippen LogP contribution in [-0.2, 0) is 9.59 Å². The normalized spacial score (nSPS) is 16.5. The van der Waals surface area contributed by atoms with Gasteiger partial charge in [0.05, 0.1) is 12.4 Å². The van der Waals surface area contributed by atoms with E-state index in [1.54, 1.807) is 16.7 Å². The van der Waals surface area contributed by atoms with E-state index < -0.39 is 11.5 Å². The lowest BCUT2D eigenvalue weighted by atomic mass is 9.94. The van der Waals surface area contributed by atoms with E-state index >= 15 is 0 Å². The molecule has 1 aliphatic rings. The van der Waals surface area contributed by atoms with Crippen molar-refractivity contribution < 1.29 is 14.3 Å². The first-order valence-electron chi connectivity index (χ1n) is 9.81. The summed E-state index contributed by atoms with van der Waals surface area (Å²) >= 11 is 1.61. The van der Waals surface area contributed by atoms with E-state index in [-0.39, 0.29) is 11.8 Å². The molecule has 1 fully saturated rings. The van der Waals surface area contributed by atoms with Crippen molar-refractivity contribution in [2.45, 2.75) is 26.8 Å². The molecule has 2 aromatic rings. The molecule has 0 bridgehead atoms. The molecule has 29 heavy (non-hydrogen) atoms. The molecule has 154 valence electrons. The predicted octanol–water partition coefficient (Wildman–Crippen LogP) is 3.80. The van der Waals surface area contributed by atoms with E-state index in [1.165, 1.54) is 0 Å². The molecule has 1 saturated heterocycles. The fourth-order valence-electron chi connectivity index (χ4n) is 3.19. The van der Waals surface area contributed by atoms with E-state index in [1.807, 2.05) is 75.4 Å². The molecule has 1 atom stereocenters. The van der Waals surface area contributed by atoms with Crippen LogP contribution in [0.2, 0.25) is 0 Å². The van der Waals surface area contributed by atoms with Crippen LogP contribution >= 0.6 is 11.8 Å².